The number of aliphatic hydroxyl groups is 1. The Morgan fingerprint density at radius 1 is 1.16 bits per heavy atom. The molecule has 0 bridgehead atoms. The lowest BCUT2D eigenvalue weighted by atomic mass is 9.93. The number of nitrogens with zero attached hydrogens (tertiary/aromatic N) is 2. The number of esters is 1. The smallest absolute Gasteiger partial charge is 0.308 e. The molecule has 32 heavy (non-hydrogen) atoms. The van der Waals surface area contributed by atoms with Gasteiger partial charge in [0, 0.05) is 23.2 Å². The normalized spacial score (nSPS) is 18.7. The fourth-order valence-electron chi connectivity index (χ4n) is 4.47. The van der Waals surface area contributed by atoms with Gasteiger partial charge in [0.05, 0.1) is 24.8 Å². The second kappa shape index (κ2) is 9.65. The standard InChI is InChI=1S/C26H29FN2O3/c1-17(2)26-23(13-12-22-14-21(30)15-24(31)32-22)25(19-8-10-20(27)11-9-19)28-29(26)16-18-6-4-3-5-7-18/h3-11,17,21-22,30H,12-16H2,1-2H3/t21-,22-/m0/s1. The maximum absolute atomic E-state index is 13.6. The predicted octanol–water partition coefficient (Wildman–Crippen LogP) is 4.86. The van der Waals surface area contributed by atoms with Crippen LogP contribution in [0.4, 0.5) is 4.39 Å². The van der Waals surface area contributed by atoms with Crippen molar-refractivity contribution in [1.29, 1.82) is 0 Å². The maximum Gasteiger partial charge on any atom is 0.308 e. The lowest BCUT2D eigenvalue weighted by Crippen LogP contribution is -2.32. The van der Waals surface area contributed by atoms with E-state index >= 15 is 0 Å². The van der Waals surface area contributed by atoms with E-state index in [1.165, 1.54) is 12.1 Å². The van der Waals surface area contributed by atoms with Gasteiger partial charge >= 0.3 is 5.97 Å². The van der Waals surface area contributed by atoms with Crippen LogP contribution in [0.1, 0.15) is 55.8 Å². The van der Waals surface area contributed by atoms with E-state index in [4.69, 9.17) is 9.84 Å². The number of rotatable bonds is 7. The molecule has 4 rings (SSSR count). The van der Waals surface area contributed by atoms with Gasteiger partial charge in [0.1, 0.15) is 11.9 Å². The second-order valence-electron chi connectivity index (χ2n) is 8.76. The van der Waals surface area contributed by atoms with Crippen LogP contribution in [-0.2, 0) is 22.5 Å². The first-order chi connectivity index (χ1) is 15.4. The Morgan fingerprint density at radius 2 is 1.88 bits per heavy atom. The highest BCUT2D eigenvalue weighted by Crippen LogP contribution is 2.33. The van der Waals surface area contributed by atoms with Crippen molar-refractivity contribution in [3.63, 3.8) is 0 Å². The van der Waals surface area contributed by atoms with Crippen LogP contribution in [0.3, 0.4) is 0 Å². The van der Waals surface area contributed by atoms with Gasteiger partial charge in [0.15, 0.2) is 0 Å². The third-order valence-corrected chi connectivity index (χ3v) is 5.89. The fourth-order valence-corrected chi connectivity index (χ4v) is 4.47. The van der Waals surface area contributed by atoms with Crippen molar-refractivity contribution in [3.05, 3.63) is 77.2 Å². The van der Waals surface area contributed by atoms with E-state index in [-0.39, 0.29) is 30.2 Å². The van der Waals surface area contributed by atoms with Crippen molar-refractivity contribution in [3.8, 4) is 11.3 Å². The summed E-state index contributed by atoms with van der Waals surface area (Å²) in [5, 5.41) is 14.9. The van der Waals surface area contributed by atoms with E-state index < -0.39 is 6.10 Å². The van der Waals surface area contributed by atoms with E-state index in [1.54, 1.807) is 12.1 Å². The Balaban J connectivity index is 1.70. The van der Waals surface area contributed by atoms with Crippen molar-refractivity contribution in [2.45, 2.75) is 64.2 Å². The molecule has 2 heterocycles. The fraction of sp³-hybridized carbons (Fsp3) is 0.385. The third-order valence-electron chi connectivity index (χ3n) is 5.89. The average Bonchev–Trinajstić information content (AvgIpc) is 3.11. The van der Waals surface area contributed by atoms with Crippen molar-refractivity contribution in [1.82, 2.24) is 9.78 Å². The van der Waals surface area contributed by atoms with Crippen LogP contribution in [0, 0.1) is 5.82 Å². The first-order valence-corrected chi connectivity index (χ1v) is 11.2. The number of aliphatic hydroxyl groups excluding tert-OH is 1. The number of ether oxygens (including phenoxy) is 1. The van der Waals surface area contributed by atoms with E-state index in [0.29, 0.717) is 25.8 Å². The number of benzene rings is 2. The largest absolute Gasteiger partial charge is 0.462 e. The molecule has 0 aliphatic carbocycles. The van der Waals surface area contributed by atoms with Crippen LogP contribution in [0.5, 0.6) is 0 Å². The minimum atomic E-state index is -0.650. The molecule has 168 valence electrons. The number of hydrogen-bond donors (Lipinski definition) is 1. The van der Waals surface area contributed by atoms with Crippen LogP contribution in [0.25, 0.3) is 11.3 Å². The Labute approximate surface area is 187 Å². The molecule has 5 nitrogen and oxygen atoms in total. The summed E-state index contributed by atoms with van der Waals surface area (Å²) in [6.07, 6.45) is 0.803. The van der Waals surface area contributed by atoms with Crippen LogP contribution in [-0.4, -0.2) is 33.1 Å². The summed E-state index contributed by atoms with van der Waals surface area (Å²) in [4.78, 5) is 11.8. The molecule has 2 aromatic carbocycles. The van der Waals surface area contributed by atoms with Gasteiger partial charge in [-0.05, 0) is 48.6 Å². The first kappa shape index (κ1) is 22.2. The van der Waals surface area contributed by atoms with Crippen LogP contribution in [0.2, 0.25) is 0 Å². The second-order valence-corrected chi connectivity index (χ2v) is 8.76. The monoisotopic (exact) mass is 436 g/mol. The summed E-state index contributed by atoms with van der Waals surface area (Å²) in [6.45, 7) is 4.92. The summed E-state index contributed by atoms with van der Waals surface area (Å²) >= 11 is 0. The lowest BCUT2D eigenvalue weighted by molar-refractivity contribution is -0.160. The number of carbonyl (C=O) groups is 1. The van der Waals surface area contributed by atoms with Crippen LogP contribution >= 0.6 is 0 Å². The van der Waals surface area contributed by atoms with Crippen LogP contribution in [0.15, 0.2) is 54.6 Å². The number of aromatic nitrogens is 2. The molecule has 2 atom stereocenters. The topological polar surface area (TPSA) is 64.3 Å². The van der Waals surface area contributed by atoms with Crippen molar-refractivity contribution in [2.75, 3.05) is 0 Å². The summed E-state index contributed by atoms with van der Waals surface area (Å²) < 4.78 is 21.1. The molecule has 0 saturated carbocycles. The molecule has 1 fully saturated rings. The molecular weight excluding hydrogens is 407 g/mol. The Morgan fingerprint density at radius 3 is 2.53 bits per heavy atom. The number of halogens is 1. The summed E-state index contributed by atoms with van der Waals surface area (Å²) in [5.74, 6) is -0.419. The molecule has 1 aliphatic rings. The van der Waals surface area contributed by atoms with Crippen molar-refractivity contribution < 1.29 is 19.0 Å². The SMILES string of the molecule is CC(C)c1c(CC[C@H]2C[C@H](O)CC(=O)O2)c(-c2ccc(F)cc2)nn1Cc1ccccc1. The van der Waals surface area contributed by atoms with E-state index in [2.05, 4.69) is 26.0 Å². The molecule has 1 N–H and O–H groups in total. The Bertz CT molecular complexity index is 1060. The van der Waals surface area contributed by atoms with Gasteiger partial charge in [-0.2, -0.15) is 5.10 Å². The lowest BCUT2D eigenvalue weighted by Gasteiger charge is -2.26. The molecule has 0 spiro atoms. The molecule has 1 aromatic heterocycles. The Kier molecular flexibility index (Phi) is 6.70. The average molecular weight is 437 g/mol. The highest BCUT2D eigenvalue weighted by Gasteiger charge is 2.29. The van der Waals surface area contributed by atoms with Gasteiger partial charge in [-0.1, -0.05) is 44.2 Å². The van der Waals surface area contributed by atoms with E-state index in [9.17, 15) is 14.3 Å². The van der Waals surface area contributed by atoms with Gasteiger partial charge in [-0.25, -0.2) is 4.39 Å². The predicted molar refractivity (Wildman–Crippen MR) is 121 cm³/mol. The zero-order valence-corrected chi connectivity index (χ0v) is 18.5. The summed E-state index contributed by atoms with van der Waals surface area (Å²) in [5.41, 5.74) is 5.04. The first-order valence-electron chi connectivity index (χ1n) is 11.2. The maximum atomic E-state index is 13.6. The van der Waals surface area contributed by atoms with Gasteiger partial charge in [0.2, 0.25) is 0 Å². The molecule has 6 heteroatoms. The number of cyclic esters (lactones) is 1. The molecule has 0 amide bonds. The van der Waals surface area contributed by atoms with E-state index in [1.807, 2.05) is 22.9 Å². The molecule has 1 aliphatic heterocycles. The third kappa shape index (κ3) is 5.07. The van der Waals surface area contributed by atoms with E-state index in [0.717, 1.165) is 28.1 Å². The highest BCUT2D eigenvalue weighted by atomic mass is 19.1. The summed E-state index contributed by atoms with van der Waals surface area (Å²) in [7, 11) is 0. The summed E-state index contributed by atoms with van der Waals surface area (Å²) in [6, 6.07) is 16.6. The van der Waals surface area contributed by atoms with Gasteiger partial charge in [-0.3, -0.25) is 9.48 Å². The number of hydrogen-bond acceptors (Lipinski definition) is 4. The van der Waals surface area contributed by atoms with Gasteiger partial charge in [-0.15, -0.1) is 0 Å². The zero-order valence-electron chi connectivity index (χ0n) is 18.5. The minimum Gasteiger partial charge on any atom is -0.462 e. The molecular formula is C26H29FN2O3. The van der Waals surface area contributed by atoms with Gasteiger partial charge in [0.25, 0.3) is 0 Å². The highest BCUT2D eigenvalue weighted by molar-refractivity contribution is 5.71. The van der Waals surface area contributed by atoms with Gasteiger partial charge < -0.3 is 9.84 Å². The quantitative estimate of drug-likeness (QED) is 0.537. The molecule has 0 unspecified atom stereocenters. The van der Waals surface area contributed by atoms with Crippen molar-refractivity contribution >= 4 is 5.97 Å². The zero-order chi connectivity index (χ0) is 22.7. The molecule has 3 aromatic rings. The van der Waals surface area contributed by atoms with Crippen molar-refractivity contribution in [2.24, 2.45) is 0 Å². The molecule has 1 saturated heterocycles. The number of carbonyl (C=O) groups excluding carboxylic acids is 1. The molecule has 0 radical (unpaired) electrons. The minimum absolute atomic E-state index is 0.0591. The van der Waals surface area contributed by atoms with Crippen LogP contribution < -0.4 is 0 Å². The Hall–Kier alpha value is -2.99.